The van der Waals surface area contributed by atoms with E-state index in [2.05, 4.69) is 4.90 Å². The third-order valence-corrected chi connectivity index (χ3v) is 5.23. The van der Waals surface area contributed by atoms with Crippen LogP contribution >= 0.6 is 0 Å². The van der Waals surface area contributed by atoms with Gasteiger partial charge in [-0.25, -0.2) is 0 Å². The zero-order valence-electron chi connectivity index (χ0n) is 14.8. The van der Waals surface area contributed by atoms with E-state index in [1.165, 1.54) is 0 Å². The Labute approximate surface area is 144 Å². The largest absolute Gasteiger partial charge is 0.490 e. The van der Waals surface area contributed by atoms with Crippen molar-refractivity contribution >= 4 is 5.91 Å². The van der Waals surface area contributed by atoms with Gasteiger partial charge in [0.2, 0.25) is 5.91 Å². The van der Waals surface area contributed by atoms with Crippen molar-refractivity contribution in [3.8, 4) is 5.75 Å². The van der Waals surface area contributed by atoms with Crippen LogP contribution in [0.25, 0.3) is 0 Å². The molecule has 24 heavy (non-hydrogen) atoms. The summed E-state index contributed by atoms with van der Waals surface area (Å²) in [7, 11) is 1.74. The molecule has 0 N–H and O–H groups in total. The zero-order chi connectivity index (χ0) is 17.0. The lowest BCUT2D eigenvalue weighted by atomic mass is 10.0. The Hall–Kier alpha value is -1.59. The maximum absolute atomic E-state index is 12.3. The van der Waals surface area contributed by atoms with Crippen molar-refractivity contribution in [3.63, 3.8) is 0 Å². The fraction of sp³-hybridized carbons (Fsp3) is 0.632. The summed E-state index contributed by atoms with van der Waals surface area (Å²) >= 11 is 0. The van der Waals surface area contributed by atoms with Crippen LogP contribution < -0.4 is 4.74 Å². The number of benzene rings is 1. The third-order valence-electron chi connectivity index (χ3n) is 5.23. The monoisotopic (exact) mass is 332 g/mol. The van der Waals surface area contributed by atoms with Crippen molar-refractivity contribution in [2.45, 2.75) is 31.8 Å². The van der Waals surface area contributed by atoms with Gasteiger partial charge in [-0.3, -0.25) is 9.69 Å². The van der Waals surface area contributed by atoms with E-state index in [4.69, 9.17) is 9.47 Å². The Morgan fingerprint density at radius 1 is 1.21 bits per heavy atom. The lowest BCUT2D eigenvalue weighted by molar-refractivity contribution is -0.131. The predicted octanol–water partition coefficient (Wildman–Crippen LogP) is 2.09. The van der Waals surface area contributed by atoms with Crippen LogP contribution in [0.5, 0.6) is 5.75 Å². The maximum atomic E-state index is 12.3. The van der Waals surface area contributed by atoms with E-state index in [1.807, 2.05) is 36.1 Å². The molecular weight excluding hydrogens is 304 g/mol. The number of carbonyl (C=O) groups excluding carboxylic acids is 1. The summed E-state index contributed by atoms with van der Waals surface area (Å²) in [5, 5.41) is 0. The van der Waals surface area contributed by atoms with Gasteiger partial charge < -0.3 is 14.4 Å². The number of para-hydroxylation sites is 1. The first kappa shape index (κ1) is 17.2. The number of rotatable bonds is 6. The highest BCUT2D eigenvalue weighted by Crippen LogP contribution is 2.27. The normalized spacial score (nSPS) is 24.5. The van der Waals surface area contributed by atoms with Gasteiger partial charge in [0.15, 0.2) is 0 Å². The summed E-state index contributed by atoms with van der Waals surface area (Å²) < 4.78 is 11.8. The highest BCUT2D eigenvalue weighted by atomic mass is 16.5. The zero-order valence-corrected chi connectivity index (χ0v) is 14.8. The van der Waals surface area contributed by atoms with Gasteiger partial charge in [-0.05, 0) is 37.8 Å². The first-order valence-corrected chi connectivity index (χ1v) is 8.86. The van der Waals surface area contributed by atoms with Crippen LogP contribution in [0, 0.1) is 6.92 Å². The molecule has 1 atom stereocenters. The molecule has 1 amide bonds. The second kappa shape index (κ2) is 7.53. The van der Waals surface area contributed by atoms with Gasteiger partial charge in [-0.1, -0.05) is 18.2 Å². The molecular formula is C19H28N2O3. The quantitative estimate of drug-likeness (QED) is 0.800. The summed E-state index contributed by atoms with van der Waals surface area (Å²) in [4.78, 5) is 16.5. The highest BCUT2D eigenvalue weighted by molar-refractivity contribution is 5.78. The Bertz CT molecular complexity index is 571. The number of amides is 1. The van der Waals surface area contributed by atoms with Crippen molar-refractivity contribution in [3.05, 3.63) is 29.8 Å². The molecule has 2 aliphatic rings. The molecule has 1 aromatic rings. The van der Waals surface area contributed by atoms with Crippen molar-refractivity contribution < 1.29 is 14.3 Å². The van der Waals surface area contributed by atoms with Crippen LogP contribution in [-0.2, 0) is 9.53 Å². The first-order chi connectivity index (χ1) is 11.6. The molecule has 5 nitrogen and oxygen atoms in total. The van der Waals surface area contributed by atoms with Crippen molar-refractivity contribution in [1.82, 2.24) is 9.80 Å². The molecule has 2 fully saturated rings. The van der Waals surface area contributed by atoms with Crippen molar-refractivity contribution in [2.24, 2.45) is 0 Å². The summed E-state index contributed by atoms with van der Waals surface area (Å²) in [5.74, 6) is 1.15. The second-order valence-corrected chi connectivity index (χ2v) is 6.99. The van der Waals surface area contributed by atoms with E-state index in [9.17, 15) is 4.79 Å². The average Bonchev–Trinajstić information content (AvgIpc) is 3.25. The molecule has 2 saturated heterocycles. The third kappa shape index (κ3) is 3.90. The van der Waals surface area contributed by atoms with Gasteiger partial charge >= 0.3 is 0 Å². The van der Waals surface area contributed by atoms with E-state index >= 15 is 0 Å². The van der Waals surface area contributed by atoms with Crippen LogP contribution in [0.2, 0.25) is 0 Å². The molecule has 132 valence electrons. The number of hydrogen-bond donors (Lipinski definition) is 0. The van der Waals surface area contributed by atoms with Gasteiger partial charge in [-0.15, -0.1) is 0 Å². The van der Waals surface area contributed by atoms with Crippen LogP contribution in [0.1, 0.15) is 24.8 Å². The standard InChI is InChI=1S/C19H28N2O3/c1-16-7-3-4-8-17(16)24-15-19(23-2)9-12-20(14-19)13-18(22)21-10-5-6-11-21/h3-4,7-8H,5-6,9-15H2,1-2H3/t19-/m0/s1. The minimum Gasteiger partial charge on any atom is -0.490 e. The van der Waals surface area contributed by atoms with Crippen LogP contribution in [-0.4, -0.2) is 67.7 Å². The molecule has 0 spiro atoms. The lowest BCUT2D eigenvalue weighted by Crippen LogP contribution is -2.44. The summed E-state index contributed by atoms with van der Waals surface area (Å²) in [6.07, 6.45) is 3.17. The minimum absolute atomic E-state index is 0.249. The fourth-order valence-corrected chi connectivity index (χ4v) is 3.59. The van der Waals surface area contributed by atoms with Gasteiger partial charge in [0.25, 0.3) is 0 Å². The van der Waals surface area contributed by atoms with E-state index < -0.39 is 0 Å². The number of ether oxygens (including phenoxy) is 2. The Morgan fingerprint density at radius 2 is 1.96 bits per heavy atom. The van der Waals surface area contributed by atoms with E-state index in [0.717, 1.165) is 56.8 Å². The number of likely N-dealkylation sites (tertiary alicyclic amines) is 2. The molecule has 0 aromatic heterocycles. The van der Waals surface area contributed by atoms with Crippen molar-refractivity contribution in [2.75, 3.05) is 46.4 Å². The van der Waals surface area contributed by atoms with Crippen LogP contribution in [0.15, 0.2) is 24.3 Å². The summed E-state index contributed by atoms with van der Waals surface area (Å²) in [6.45, 7) is 6.51. The highest BCUT2D eigenvalue weighted by Gasteiger charge is 2.40. The predicted molar refractivity (Wildman–Crippen MR) is 93.3 cm³/mol. The molecule has 3 rings (SSSR count). The number of methoxy groups -OCH3 is 1. The second-order valence-electron chi connectivity index (χ2n) is 6.99. The average molecular weight is 332 g/mol. The molecule has 1 aromatic carbocycles. The molecule has 0 aliphatic carbocycles. The van der Waals surface area contributed by atoms with E-state index in [1.54, 1.807) is 7.11 Å². The molecule has 5 heteroatoms. The Balaban J connectivity index is 1.54. The van der Waals surface area contributed by atoms with Gasteiger partial charge in [0.1, 0.15) is 18.0 Å². The maximum Gasteiger partial charge on any atom is 0.236 e. The van der Waals surface area contributed by atoms with E-state index in [-0.39, 0.29) is 11.5 Å². The number of hydrogen-bond acceptors (Lipinski definition) is 4. The fourth-order valence-electron chi connectivity index (χ4n) is 3.59. The Morgan fingerprint density at radius 3 is 2.67 bits per heavy atom. The molecule has 2 aliphatic heterocycles. The van der Waals surface area contributed by atoms with Crippen molar-refractivity contribution in [1.29, 1.82) is 0 Å². The first-order valence-electron chi connectivity index (χ1n) is 8.86. The molecule has 0 radical (unpaired) electrons. The molecule has 0 bridgehead atoms. The van der Waals surface area contributed by atoms with Gasteiger partial charge in [-0.2, -0.15) is 0 Å². The van der Waals surface area contributed by atoms with Gasteiger partial charge in [0.05, 0.1) is 6.54 Å². The lowest BCUT2D eigenvalue weighted by Gasteiger charge is -2.28. The van der Waals surface area contributed by atoms with Crippen LogP contribution in [0.4, 0.5) is 0 Å². The minimum atomic E-state index is -0.326. The number of aryl methyl sites for hydroxylation is 1. The molecule has 2 heterocycles. The SMILES string of the molecule is CO[C@@]1(COc2ccccc2C)CCN(CC(=O)N2CCCC2)C1. The number of nitrogens with zero attached hydrogens (tertiary/aromatic N) is 2. The summed E-state index contributed by atoms with van der Waals surface area (Å²) in [5.41, 5.74) is 0.802. The topological polar surface area (TPSA) is 42.0 Å². The number of carbonyl (C=O) groups is 1. The van der Waals surface area contributed by atoms with Gasteiger partial charge in [0, 0.05) is 33.3 Å². The molecule has 0 unspecified atom stereocenters. The molecule has 0 saturated carbocycles. The smallest absolute Gasteiger partial charge is 0.236 e. The van der Waals surface area contributed by atoms with Crippen LogP contribution in [0.3, 0.4) is 0 Å². The van der Waals surface area contributed by atoms with E-state index in [0.29, 0.717) is 13.2 Å². The Kier molecular flexibility index (Phi) is 5.41. The summed E-state index contributed by atoms with van der Waals surface area (Å²) in [6, 6.07) is 8.03.